The molecule has 0 spiro atoms. The topological polar surface area (TPSA) is 125 Å². The smallest absolute Gasteiger partial charge is 0.350 e. The summed E-state index contributed by atoms with van der Waals surface area (Å²) >= 11 is 0. The van der Waals surface area contributed by atoms with Crippen LogP contribution in [0, 0.1) is 0 Å². The minimum absolute atomic E-state index is 0.0424. The lowest BCUT2D eigenvalue weighted by atomic mass is 9.98. The van der Waals surface area contributed by atoms with Gasteiger partial charge in [-0.2, -0.15) is 4.98 Å². The van der Waals surface area contributed by atoms with Crippen LogP contribution >= 0.6 is 0 Å². The lowest BCUT2D eigenvalue weighted by molar-refractivity contribution is -0.126. The van der Waals surface area contributed by atoms with Crippen LogP contribution < -0.4 is 15.7 Å². The summed E-state index contributed by atoms with van der Waals surface area (Å²) in [5, 5.41) is 12.2. The van der Waals surface area contributed by atoms with Crippen LogP contribution in [0.3, 0.4) is 0 Å². The van der Waals surface area contributed by atoms with E-state index in [0.29, 0.717) is 16.5 Å². The largest absolute Gasteiger partial charge is 0.355 e. The molecule has 4 heterocycles. The molecule has 1 aliphatic carbocycles. The Morgan fingerprint density at radius 2 is 1.73 bits per heavy atom. The molecule has 13 heteroatoms. The fourth-order valence-corrected chi connectivity index (χ4v) is 5.68. The maximum Gasteiger partial charge on any atom is 0.355 e. The Balaban J connectivity index is 1.84. The van der Waals surface area contributed by atoms with E-state index in [9.17, 15) is 24.0 Å². The second-order valence-corrected chi connectivity index (χ2v) is 11.4. The normalized spacial score (nSPS) is 20.3. The second kappa shape index (κ2) is 11.7. The highest BCUT2D eigenvalue weighted by molar-refractivity contribution is 6.09. The summed E-state index contributed by atoms with van der Waals surface area (Å²) in [7, 11) is 0. The van der Waals surface area contributed by atoms with Crippen LogP contribution in [0.1, 0.15) is 63.4 Å². The zero-order chi connectivity index (χ0) is 32.0. The third-order valence-electron chi connectivity index (χ3n) is 7.77. The van der Waals surface area contributed by atoms with Crippen molar-refractivity contribution in [2.24, 2.45) is 0 Å². The fourth-order valence-electron chi connectivity index (χ4n) is 5.68. The van der Waals surface area contributed by atoms with E-state index in [4.69, 9.17) is 0 Å². The van der Waals surface area contributed by atoms with Crippen LogP contribution in [0.5, 0.6) is 0 Å². The van der Waals surface area contributed by atoms with Crippen molar-refractivity contribution >= 4 is 29.4 Å². The van der Waals surface area contributed by atoms with E-state index < -0.39 is 34.4 Å². The Morgan fingerprint density at radius 3 is 2.32 bits per heavy atom. The van der Waals surface area contributed by atoms with Crippen molar-refractivity contribution in [1.29, 1.82) is 0 Å². The van der Waals surface area contributed by atoms with Crippen molar-refractivity contribution in [3.05, 3.63) is 87.6 Å². The van der Waals surface area contributed by atoms with E-state index in [-0.39, 0.29) is 66.3 Å². The van der Waals surface area contributed by atoms with Gasteiger partial charge in [-0.15, -0.1) is 0 Å². The number of amides is 1. The van der Waals surface area contributed by atoms with Gasteiger partial charge in [0.1, 0.15) is 23.7 Å². The van der Waals surface area contributed by atoms with Crippen LogP contribution in [-0.2, 0) is 9.59 Å². The summed E-state index contributed by atoms with van der Waals surface area (Å²) in [6.45, 7) is 13.7. The Kier molecular flexibility index (Phi) is 8.17. The molecule has 0 saturated carbocycles. The summed E-state index contributed by atoms with van der Waals surface area (Å²) in [5.74, 6) is -3.38. The van der Waals surface area contributed by atoms with Crippen LogP contribution in [0.25, 0.3) is 11.8 Å². The number of carbonyl (C=O) groups is 2. The average molecular weight is 606 g/mol. The van der Waals surface area contributed by atoms with Crippen molar-refractivity contribution < 1.29 is 23.6 Å². The lowest BCUT2D eigenvalue weighted by Gasteiger charge is -2.41. The van der Waals surface area contributed by atoms with Crippen molar-refractivity contribution in [2.45, 2.75) is 52.5 Å². The number of allylic oxidation sites excluding steroid dienone is 6. The molecule has 2 aromatic heterocycles. The fraction of sp³-hybridized carbons (Fsp3) is 0.355. The van der Waals surface area contributed by atoms with Gasteiger partial charge in [-0.05, 0) is 49.1 Å². The second-order valence-electron chi connectivity index (χ2n) is 11.4. The summed E-state index contributed by atoms with van der Waals surface area (Å²) in [6.07, 6.45) is 6.38. The van der Waals surface area contributed by atoms with Gasteiger partial charge in [0.2, 0.25) is 5.91 Å². The molecule has 0 aromatic carbocycles. The maximum absolute atomic E-state index is 16.0. The molecular weight excluding hydrogens is 572 g/mol. The first kappa shape index (κ1) is 30.7. The number of rotatable bonds is 5. The van der Waals surface area contributed by atoms with Gasteiger partial charge in [0.05, 0.1) is 28.2 Å². The molecule has 2 aliphatic heterocycles. The molecule has 1 atom stereocenters. The minimum atomic E-state index is -1.04. The molecule has 2 aromatic rings. The standard InChI is InChI=1S/C31H33F2N7O4/c1-7-24(42)37-10-11-38(18(6)14-37)29-21-13-22(33)27(20-12-19(32)8-9-23(20)41)40(44)30(21)39(31(43)36-29)28-25(16(2)3)34-15-35-26(28)17(4)5/h7-9,12-13,15-18,44H,1,10-11,14H2,2-6H3/t18-/m0/s1. The summed E-state index contributed by atoms with van der Waals surface area (Å²) in [5.41, 5.74) is -0.614. The van der Waals surface area contributed by atoms with Gasteiger partial charge in [0, 0.05) is 25.7 Å². The van der Waals surface area contributed by atoms with E-state index in [1.807, 2.05) is 34.6 Å². The highest BCUT2D eigenvalue weighted by atomic mass is 19.1. The lowest BCUT2D eigenvalue weighted by Crippen LogP contribution is -2.54. The first-order valence-electron chi connectivity index (χ1n) is 14.3. The summed E-state index contributed by atoms with van der Waals surface area (Å²) in [4.78, 5) is 55.8. The molecule has 1 saturated heterocycles. The van der Waals surface area contributed by atoms with Crippen molar-refractivity contribution in [1.82, 2.24) is 24.4 Å². The Bertz CT molecular complexity index is 1730. The number of hydroxylamine groups is 1. The van der Waals surface area contributed by atoms with E-state index in [1.165, 1.54) is 12.4 Å². The molecule has 5 rings (SSSR count). The number of fused-ring (bicyclic) bond motifs is 1. The van der Waals surface area contributed by atoms with Crippen LogP contribution in [0.2, 0.25) is 0 Å². The highest BCUT2D eigenvalue weighted by Gasteiger charge is 2.38. The predicted octanol–water partition coefficient (Wildman–Crippen LogP) is 4.26. The molecule has 44 heavy (non-hydrogen) atoms. The van der Waals surface area contributed by atoms with Gasteiger partial charge in [0.25, 0.3) is 0 Å². The molecule has 1 N–H and O–H groups in total. The quantitative estimate of drug-likeness (QED) is 0.498. The third kappa shape index (κ3) is 5.17. The zero-order valence-corrected chi connectivity index (χ0v) is 25.1. The number of ketones is 1. The van der Waals surface area contributed by atoms with Crippen molar-refractivity contribution in [2.75, 3.05) is 29.6 Å². The number of hydrogen-bond acceptors (Lipinski definition) is 9. The number of piperazine rings is 1. The van der Waals surface area contributed by atoms with Gasteiger partial charge in [-0.3, -0.25) is 14.8 Å². The molecule has 1 fully saturated rings. The highest BCUT2D eigenvalue weighted by Crippen LogP contribution is 2.43. The number of carbonyl (C=O) groups excluding carboxylic acids is 2. The average Bonchev–Trinajstić information content (AvgIpc) is 2.98. The van der Waals surface area contributed by atoms with Gasteiger partial charge >= 0.3 is 5.69 Å². The molecule has 230 valence electrons. The third-order valence-corrected chi connectivity index (χ3v) is 7.77. The monoisotopic (exact) mass is 605 g/mol. The molecule has 0 unspecified atom stereocenters. The number of halogens is 2. The number of hydrogen-bond donors (Lipinski definition) is 1. The van der Waals surface area contributed by atoms with Crippen molar-refractivity contribution in [3.8, 4) is 5.69 Å². The van der Waals surface area contributed by atoms with Crippen LogP contribution in [-0.4, -0.2) is 67.0 Å². The SMILES string of the molecule is C=CC(=O)N1CCN(c2nc(=O)n(-c3c(C(C)C)ncnc3C(C)C)c3c2C=C(F)C(=C2C=C(F)C=CC2=O)N3O)[C@@H](C)C1. The van der Waals surface area contributed by atoms with E-state index >= 15 is 4.39 Å². The summed E-state index contributed by atoms with van der Waals surface area (Å²) < 4.78 is 31.4. The molecule has 1 amide bonds. The van der Waals surface area contributed by atoms with Gasteiger partial charge in [-0.1, -0.05) is 34.3 Å². The van der Waals surface area contributed by atoms with Gasteiger partial charge < -0.3 is 9.80 Å². The molecule has 0 radical (unpaired) electrons. The van der Waals surface area contributed by atoms with E-state index in [1.54, 1.807) is 9.80 Å². The molecule has 0 bridgehead atoms. The van der Waals surface area contributed by atoms with Gasteiger partial charge in [0.15, 0.2) is 17.4 Å². The van der Waals surface area contributed by atoms with Gasteiger partial charge in [-0.25, -0.2) is 33.2 Å². The molecule has 11 nitrogen and oxygen atoms in total. The van der Waals surface area contributed by atoms with Crippen molar-refractivity contribution in [3.63, 3.8) is 0 Å². The van der Waals surface area contributed by atoms with E-state index in [0.717, 1.165) is 28.9 Å². The molecular formula is C31H33F2N7O4. The number of anilines is 2. The van der Waals surface area contributed by atoms with Crippen LogP contribution in [0.15, 0.2) is 64.9 Å². The number of nitrogens with zero attached hydrogens (tertiary/aromatic N) is 7. The predicted molar refractivity (Wildman–Crippen MR) is 161 cm³/mol. The molecule has 3 aliphatic rings. The summed E-state index contributed by atoms with van der Waals surface area (Å²) in [6, 6.07) is -0.359. The minimum Gasteiger partial charge on any atom is -0.350 e. The Labute approximate surface area is 252 Å². The number of aromatic nitrogens is 4. The maximum atomic E-state index is 16.0. The van der Waals surface area contributed by atoms with Crippen LogP contribution in [0.4, 0.5) is 20.4 Å². The Morgan fingerprint density at radius 1 is 1.07 bits per heavy atom. The first-order valence-corrected chi connectivity index (χ1v) is 14.3. The zero-order valence-electron chi connectivity index (χ0n) is 25.1. The Hall–Kier alpha value is -4.78. The van der Waals surface area contributed by atoms with E-state index in [2.05, 4.69) is 21.5 Å². The first-order chi connectivity index (χ1) is 20.8.